The number of para-hydroxylation sites is 2. The normalized spacial score (nSPS) is 14.2. The quantitative estimate of drug-likeness (QED) is 0.212. The van der Waals surface area contributed by atoms with Crippen LogP contribution in [0.25, 0.3) is 87.5 Å². The van der Waals surface area contributed by atoms with E-state index in [1.807, 2.05) is 12.1 Å². The summed E-state index contributed by atoms with van der Waals surface area (Å²) >= 11 is 0. The number of ether oxygens (including phenoxy) is 1. The van der Waals surface area contributed by atoms with Gasteiger partial charge < -0.3 is 14.5 Å². The SMILES string of the molecule is c1ccc(-c2ccc3cc(-c4cc5oc6ccccc6c5c5c4NC(n4c6ccccc6c6cc7ccccc7cc64)O5)ccc3c2)cc1. The zero-order valence-corrected chi connectivity index (χ0v) is 26.4. The second-order valence-electron chi connectivity index (χ2n) is 13.0. The van der Waals surface area contributed by atoms with Crippen LogP contribution in [0, 0.1) is 0 Å². The molecule has 1 atom stereocenters. The Morgan fingerprint density at radius 1 is 0.469 bits per heavy atom. The van der Waals surface area contributed by atoms with Crippen LogP contribution in [-0.2, 0) is 0 Å². The van der Waals surface area contributed by atoms with Gasteiger partial charge >= 0.3 is 0 Å². The molecule has 1 aliphatic heterocycles. The van der Waals surface area contributed by atoms with Crippen LogP contribution >= 0.6 is 0 Å². The number of rotatable bonds is 3. The van der Waals surface area contributed by atoms with Crippen LogP contribution in [0.3, 0.4) is 0 Å². The Bertz CT molecular complexity index is 2950. The molecule has 0 saturated heterocycles. The zero-order valence-electron chi connectivity index (χ0n) is 26.4. The average molecular weight is 629 g/mol. The molecular formula is C45H28N2O2. The van der Waals surface area contributed by atoms with E-state index in [1.54, 1.807) is 0 Å². The number of furan rings is 1. The van der Waals surface area contributed by atoms with E-state index in [2.05, 4.69) is 155 Å². The number of anilines is 1. The van der Waals surface area contributed by atoms with E-state index in [0.717, 1.165) is 55.5 Å². The van der Waals surface area contributed by atoms with Gasteiger partial charge in [0, 0.05) is 21.7 Å². The van der Waals surface area contributed by atoms with E-state index in [4.69, 9.17) is 9.15 Å². The third-order valence-corrected chi connectivity index (χ3v) is 10.2. The smallest absolute Gasteiger partial charge is 0.255 e. The molecule has 10 aromatic rings. The highest BCUT2D eigenvalue weighted by Crippen LogP contribution is 2.52. The van der Waals surface area contributed by atoms with Crippen LogP contribution in [0.15, 0.2) is 162 Å². The van der Waals surface area contributed by atoms with Crippen LogP contribution < -0.4 is 10.1 Å². The second-order valence-corrected chi connectivity index (χ2v) is 13.0. The Morgan fingerprint density at radius 3 is 2.00 bits per heavy atom. The summed E-state index contributed by atoms with van der Waals surface area (Å²) in [6.07, 6.45) is -0.467. The van der Waals surface area contributed by atoms with E-state index in [9.17, 15) is 0 Å². The Hall–Kier alpha value is -6.52. The minimum Gasteiger partial charge on any atom is -0.456 e. The van der Waals surface area contributed by atoms with Crippen molar-refractivity contribution < 1.29 is 9.15 Å². The van der Waals surface area contributed by atoms with E-state index >= 15 is 0 Å². The van der Waals surface area contributed by atoms with E-state index < -0.39 is 6.35 Å². The number of aromatic nitrogens is 1. The molecule has 2 aromatic heterocycles. The monoisotopic (exact) mass is 628 g/mol. The average Bonchev–Trinajstić information content (AvgIpc) is 3.85. The van der Waals surface area contributed by atoms with Crippen molar-refractivity contribution in [2.24, 2.45) is 0 Å². The predicted octanol–water partition coefficient (Wildman–Crippen LogP) is 12.3. The first-order valence-electron chi connectivity index (χ1n) is 16.7. The molecule has 4 nitrogen and oxygen atoms in total. The summed E-state index contributed by atoms with van der Waals surface area (Å²) in [4.78, 5) is 0. The molecule has 11 rings (SSSR count). The molecule has 3 heterocycles. The topological polar surface area (TPSA) is 39.3 Å². The lowest BCUT2D eigenvalue weighted by Crippen LogP contribution is -2.18. The molecule has 0 spiro atoms. The van der Waals surface area contributed by atoms with Crippen molar-refractivity contribution in [1.82, 2.24) is 4.57 Å². The first-order valence-corrected chi connectivity index (χ1v) is 16.7. The summed E-state index contributed by atoms with van der Waals surface area (Å²) in [5, 5.41) is 13.1. The molecule has 230 valence electrons. The fourth-order valence-corrected chi connectivity index (χ4v) is 7.88. The van der Waals surface area contributed by atoms with Crippen molar-refractivity contribution in [3.05, 3.63) is 158 Å². The lowest BCUT2D eigenvalue weighted by molar-refractivity contribution is 0.195. The van der Waals surface area contributed by atoms with Gasteiger partial charge in [-0.05, 0) is 80.7 Å². The number of hydrogen-bond acceptors (Lipinski definition) is 3. The van der Waals surface area contributed by atoms with Gasteiger partial charge in [0.1, 0.15) is 11.2 Å². The minimum absolute atomic E-state index is 0.467. The summed E-state index contributed by atoms with van der Waals surface area (Å²) in [7, 11) is 0. The summed E-state index contributed by atoms with van der Waals surface area (Å²) in [6, 6.07) is 56.1. The van der Waals surface area contributed by atoms with Gasteiger partial charge in [-0.25, -0.2) is 0 Å². The third-order valence-electron chi connectivity index (χ3n) is 10.2. The second kappa shape index (κ2) is 9.99. The molecule has 1 aliphatic rings. The summed E-state index contributed by atoms with van der Waals surface area (Å²) in [5.41, 5.74) is 9.44. The van der Waals surface area contributed by atoms with Crippen LogP contribution in [0.2, 0.25) is 0 Å². The van der Waals surface area contributed by atoms with Crippen molar-refractivity contribution in [3.8, 4) is 28.0 Å². The number of fused-ring (bicyclic) bond motifs is 10. The summed E-state index contributed by atoms with van der Waals surface area (Å²) < 4.78 is 15.9. The molecular weight excluding hydrogens is 601 g/mol. The van der Waals surface area contributed by atoms with Gasteiger partial charge in [-0.15, -0.1) is 0 Å². The minimum atomic E-state index is -0.467. The Morgan fingerprint density at radius 2 is 1.14 bits per heavy atom. The first-order chi connectivity index (χ1) is 24.3. The molecule has 0 amide bonds. The molecule has 1 N–H and O–H groups in total. The van der Waals surface area contributed by atoms with Gasteiger partial charge in [-0.1, -0.05) is 115 Å². The standard InChI is InChI=1S/C45H28N2O2/c1-2-10-27(11-3-1)30-18-19-32-23-33(21-20-31(32)22-30)36-26-41-42(35-15-7-9-17-40(35)48-41)44-43(36)46-45(49-44)47-38-16-8-6-14-34(38)37-24-28-12-4-5-13-29(28)25-39(37)47/h1-26,45-46H. The van der Waals surface area contributed by atoms with E-state index in [-0.39, 0.29) is 0 Å². The maximum absolute atomic E-state index is 7.07. The largest absolute Gasteiger partial charge is 0.456 e. The van der Waals surface area contributed by atoms with Crippen LogP contribution in [0.1, 0.15) is 6.35 Å². The third kappa shape index (κ3) is 3.92. The first kappa shape index (κ1) is 26.5. The number of nitrogens with zero attached hydrogens (tertiary/aromatic N) is 1. The Kier molecular flexibility index (Phi) is 5.41. The fraction of sp³-hybridized carbons (Fsp3) is 0.0222. The van der Waals surface area contributed by atoms with Crippen molar-refractivity contribution in [3.63, 3.8) is 0 Å². The lowest BCUT2D eigenvalue weighted by Gasteiger charge is -2.17. The summed E-state index contributed by atoms with van der Waals surface area (Å²) in [5.74, 6) is 0.814. The van der Waals surface area contributed by atoms with Gasteiger partial charge in [0.25, 0.3) is 6.35 Å². The number of benzene rings is 8. The molecule has 49 heavy (non-hydrogen) atoms. The molecule has 0 aliphatic carbocycles. The molecule has 0 fully saturated rings. The van der Waals surface area contributed by atoms with Crippen molar-refractivity contribution in [2.75, 3.05) is 5.32 Å². The Labute approximate surface area is 281 Å². The van der Waals surface area contributed by atoms with E-state index in [0.29, 0.717) is 0 Å². The highest BCUT2D eigenvalue weighted by molar-refractivity contribution is 6.15. The highest BCUT2D eigenvalue weighted by Gasteiger charge is 2.33. The molecule has 0 radical (unpaired) electrons. The van der Waals surface area contributed by atoms with Gasteiger partial charge in [0.2, 0.25) is 0 Å². The Balaban J connectivity index is 1.12. The van der Waals surface area contributed by atoms with Gasteiger partial charge in [-0.3, -0.25) is 4.57 Å². The predicted molar refractivity (Wildman–Crippen MR) is 202 cm³/mol. The van der Waals surface area contributed by atoms with Crippen LogP contribution in [-0.4, -0.2) is 4.57 Å². The maximum Gasteiger partial charge on any atom is 0.255 e. The maximum atomic E-state index is 7.07. The number of nitrogens with one attached hydrogen (secondary N) is 1. The highest BCUT2D eigenvalue weighted by atomic mass is 16.5. The molecule has 4 heteroatoms. The van der Waals surface area contributed by atoms with Gasteiger partial charge in [-0.2, -0.15) is 0 Å². The lowest BCUT2D eigenvalue weighted by atomic mass is 9.96. The molecule has 0 bridgehead atoms. The van der Waals surface area contributed by atoms with Gasteiger partial charge in [0.15, 0.2) is 5.75 Å². The molecule has 0 saturated carbocycles. The van der Waals surface area contributed by atoms with Crippen molar-refractivity contribution in [2.45, 2.75) is 6.35 Å². The van der Waals surface area contributed by atoms with E-state index in [1.165, 1.54) is 43.4 Å². The van der Waals surface area contributed by atoms with Crippen molar-refractivity contribution >= 4 is 71.0 Å². The van der Waals surface area contributed by atoms with Crippen molar-refractivity contribution in [1.29, 1.82) is 0 Å². The van der Waals surface area contributed by atoms with Gasteiger partial charge in [0.05, 0.1) is 22.1 Å². The van der Waals surface area contributed by atoms with Crippen LogP contribution in [0.4, 0.5) is 5.69 Å². The number of hydrogen-bond donors (Lipinski definition) is 1. The van der Waals surface area contributed by atoms with Crippen LogP contribution in [0.5, 0.6) is 5.75 Å². The summed E-state index contributed by atoms with van der Waals surface area (Å²) in [6.45, 7) is 0. The molecule has 8 aromatic carbocycles. The fourth-order valence-electron chi connectivity index (χ4n) is 7.88. The zero-order chi connectivity index (χ0) is 32.1. The molecule has 1 unspecified atom stereocenters.